The Morgan fingerprint density at radius 1 is 1.00 bits per heavy atom. The van der Waals surface area contributed by atoms with Crippen molar-refractivity contribution < 1.29 is 19.1 Å². The molecule has 41 heavy (non-hydrogen) atoms. The number of benzene rings is 1. The Morgan fingerprint density at radius 3 is 2.10 bits per heavy atom. The van der Waals surface area contributed by atoms with Crippen molar-refractivity contribution in [2.75, 3.05) is 40.4 Å². The van der Waals surface area contributed by atoms with Crippen molar-refractivity contribution in [3.8, 4) is 0 Å². The fourth-order valence-electron chi connectivity index (χ4n) is 5.53. The molecular weight excluding hydrogens is 516 g/mol. The van der Waals surface area contributed by atoms with E-state index < -0.39 is 22.9 Å². The van der Waals surface area contributed by atoms with E-state index in [1.165, 1.54) is 0 Å². The summed E-state index contributed by atoms with van der Waals surface area (Å²) in [6, 6.07) is 8.45. The van der Waals surface area contributed by atoms with E-state index in [-0.39, 0.29) is 36.3 Å². The third-order valence-electron chi connectivity index (χ3n) is 8.14. The van der Waals surface area contributed by atoms with E-state index in [0.717, 1.165) is 37.1 Å². The lowest BCUT2D eigenvalue weighted by Gasteiger charge is -2.40. The molecule has 8 heteroatoms. The Bertz CT molecular complexity index is 1040. The van der Waals surface area contributed by atoms with Crippen molar-refractivity contribution in [3.05, 3.63) is 47.5 Å². The first-order valence-electron chi connectivity index (χ1n) is 14.9. The van der Waals surface area contributed by atoms with Gasteiger partial charge >= 0.3 is 0 Å². The SMILES string of the molecule is CN[C@H](C(=O)N[C@H](C(=O)N(C)[C@H](C=C(C)COCC(=O)N1CCCC1)C(C)C)C(C)(C)C)C(C)(C)c1ccccc1. The van der Waals surface area contributed by atoms with Crippen molar-refractivity contribution in [1.82, 2.24) is 20.4 Å². The summed E-state index contributed by atoms with van der Waals surface area (Å²) in [4.78, 5) is 43.6. The smallest absolute Gasteiger partial charge is 0.248 e. The summed E-state index contributed by atoms with van der Waals surface area (Å²) in [7, 11) is 3.57. The molecule has 0 aromatic heterocycles. The Kier molecular flexibility index (Phi) is 12.6. The zero-order chi connectivity index (χ0) is 31.0. The molecule has 1 heterocycles. The number of nitrogens with one attached hydrogen (secondary N) is 2. The van der Waals surface area contributed by atoms with Crippen molar-refractivity contribution >= 4 is 17.7 Å². The zero-order valence-corrected chi connectivity index (χ0v) is 27.0. The standard InChI is InChI=1S/C33H54N4O4/c1-23(2)26(20-24(3)21-41-22-27(38)37-18-14-15-19-37)36(10)31(40)29(32(4,5)6)35-30(39)28(34-9)33(7,8)25-16-12-11-13-17-25/h11-13,16-17,20,23,26,28-29,34H,14-15,18-19,21-22H2,1-10H3,(H,35,39)/t26-,28-,29-/m1/s1. The molecule has 230 valence electrons. The van der Waals surface area contributed by atoms with Crippen LogP contribution in [0.25, 0.3) is 0 Å². The van der Waals surface area contributed by atoms with E-state index in [4.69, 9.17) is 4.74 Å². The predicted molar refractivity (Wildman–Crippen MR) is 165 cm³/mol. The molecule has 1 saturated heterocycles. The summed E-state index contributed by atoms with van der Waals surface area (Å²) in [5, 5.41) is 6.30. The molecule has 0 bridgehead atoms. The number of carbonyl (C=O) groups excluding carboxylic acids is 3. The quantitative estimate of drug-likeness (QED) is 0.348. The Morgan fingerprint density at radius 2 is 1.59 bits per heavy atom. The second-order valence-electron chi connectivity index (χ2n) is 13.4. The lowest BCUT2D eigenvalue weighted by atomic mass is 9.76. The van der Waals surface area contributed by atoms with E-state index >= 15 is 0 Å². The third kappa shape index (κ3) is 9.40. The van der Waals surface area contributed by atoms with Crippen molar-refractivity contribution in [1.29, 1.82) is 0 Å². The lowest BCUT2D eigenvalue weighted by molar-refractivity contribution is -0.140. The number of ether oxygens (including phenoxy) is 1. The molecule has 0 radical (unpaired) electrons. The van der Waals surface area contributed by atoms with Crippen LogP contribution in [0.3, 0.4) is 0 Å². The minimum absolute atomic E-state index is 0.0297. The van der Waals surface area contributed by atoms with E-state index in [1.807, 2.05) is 82.9 Å². The second kappa shape index (κ2) is 15.0. The molecule has 1 fully saturated rings. The molecule has 0 saturated carbocycles. The van der Waals surface area contributed by atoms with Gasteiger partial charge in [-0.15, -0.1) is 0 Å². The van der Waals surface area contributed by atoms with Gasteiger partial charge in [-0.2, -0.15) is 0 Å². The fraction of sp³-hybridized carbons (Fsp3) is 0.667. The molecule has 2 rings (SSSR count). The van der Waals surface area contributed by atoms with Crippen LogP contribution in [0.4, 0.5) is 0 Å². The molecule has 0 spiro atoms. The van der Waals surface area contributed by atoms with Crippen molar-refractivity contribution in [2.24, 2.45) is 11.3 Å². The van der Waals surface area contributed by atoms with E-state index in [2.05, 4.69) is 24.5 Å². The van der Waals surface area contributed by atoms with Gasteiger partial charge in [-0.1, -0.05) is 84.9 Å². The number of carbonyl (C=O) groups is 3. The topological polar surface area (TPSA) is 91.0 Å². The molecule has 1 aromatic carbocycles. The maximum absolute atomic E-state index is 14.0. The van der Waals surface area contributed by atoms with Gasteiger partial charge in [0, 0.05) is 25.6 Å². The van der Waals surface area contributed by atoms with Crippen LogP contribution in [0.15, 0.2) is 42.0 Å². The average molecular weight is 571 g/mol. The third-order valence-corrected chi connectivity index (χ3v) is 8.14. The van der Waals surface area contributed by atoms with Gasteiger partial charge in [0.2, 0.25) is 17.7 Å². The van der Waals surface area contributed by atoms with Crippen LogP contribution in [0.1, 0.15) is 73.8 Å². The summed E-state index contributed by atoms with van der Waals surface area (Å²) in [5.41, 5.74) is 0.965. The molecule has 0 unspecified atom stereocenters. The van der Waals surface area contributed by atoms with Crippen LogP contribution in [0.2, 0.25) is 0 Å². The first kappa shape index (κ1) is 34.5. The van der Waals surface area contributed by atoms with Crippen LogP contribution < -0.4 is 10.6 Å². The van der Waals surface area contributed by atoms with Crippen molar-refractivity contribution in [2.45, 2.75) is 91.8 Å². The number of hydrogen-bond donors (Lipinski definition) is 2. The van der Waals surface area contributed by atoms with Gasteiger partial charge in [0.25, 0.3) is 0 Å². The Labute approximate surface area is 248 Å². The molecule has 1 aliphatic heterocycles. The number of nitrogens with zero attached hydrogens (tertiary/aromatic N) is 2. The highest BCUT2D eigenvalue weighted by Crippen LogP contribution is 2.29. The zero-order valence-electron chi connectivity index (χ0n) is 27.0. The minimum atomic E-state index is -0.730. The highest BCUT2D eigenvalue weighted by molar-refractivity contribution is 5.91. The lowest BCUT2D eigenvalue weighted by Crippen LogP contribution is -2.61. The van der Waals surface area contributed by atoms with E-state index in [9.17, 15) is 14.4 Å². The maximum atomic E-state index is 14.0. The fourth-order valence-corrected chi connectivity index (χ4v) is 5.53. The largest absolute Gasteiger partial charge is 0.367 e. The van der Waals surface area contributed by atoms with Gasteiger partial charge in [0.1, 0.15) is 12.6 Å². The number of rotatable bonds is 13. The van der Waals surface area contributed by atoms with Crippen LogP contribution in [0, 0.1) is 11.3 Å². The van der Waals surface area contributed by atoms with Crippen LogP contribution in [0.5, 0.6) is 0 Å². The van der Waals surface area contributed by atoms with Gasteiger partial charge in [-0.05, 0) is 49.3 Å². The van der Waals surface area contributed by atoms with Gasteiger partial charge < -0.3 is 25.2 Å². The van der Waals surface area contributed by atoms with E-state index in [1.54, 1.807) is 19.0 Å². The summed E-state index contributed by atoms with van der Waals surface area (Å²) in [6.45, 7) is 18.1. The summed E-state index contributed by atoms with van der Waals surface area (Å²) in [5.74, 6) is -0.205. The normalized spacial score (nSPS) is 16.9. The summed E-state index contributed by atoms with van der Waals surface area (Å²) in [6.07, 6.45) is 4.15. The molecule has 2 N–H and O–H groups in total. The Balaban J connectivity index is 2.17. The number of hydrogen-bond acceptors (Lipinski definition) is 5. The average Bonchev–Trinajstić information content (AvgIpc) is 3.45. The van der Waals surface area contributed by atoms with Gasteiger partial charge in [-0.3, -0.25) is 14.4 Å². The second-order valence-corrected chi connectivity index (χ2v) is 13.4. The van der Waals surface area contributed by atoms with Crippen LogP contribution >= 0.6 is 0 Å². The molecule has 1 aliphatic rings. The molecule has 0 aliphatic carbocycles. The first-order valence-corrected chi connectivity index (χ1v) is 14.9. The van der Waals surface area contributed by atoms with E-state index in [0.29, 0.717) is 6.61 Å². The van der Waals surface area contributed by atoms with Gasteiger partial charge in [0.05, 0.1) is 18.7 Å². The van der Waals surface area contributed by atoms with Gasteiger partial charge in [-0.25, -0.2) is 0 Å². The van der Waals surface area contributed by atoms with Crippen LogP contribution in [-0.2, 0) is 24.5 Å². The van der Waals surface area contributed by atoms with Crippen molar-refractivity contribution in [3.63, 3.8) is 0 Å². The Hall–Kier alpha value is -2.71. The highest BCUT2D eigenvalue weighted by Gasteiger charge is 2.41. The first-order chi connectivity index (χ1) is 19.1. The molecule has 3 atom stereocenters. The molecular formula is C33H54N4O4. The summed E-state index contributed by atoms with van der Waals surface area (Å²) < 4.78 is 5.72. The predicted octanol–water partition coefficient (Wildman–Crippen LogP) is 4.15. The molecule has 1 aromatic rings. The number of likely N-dealkylation sites (N-methyl/N-ethyl adjacent to an activating group) is 2. The number of amides is 3. The maximum Gasteiger partial charge on any atom is 0.248 e. The minimum Gasteiger partial charge on any atom is -0.367 e. The molecule has 8 nitrogen and oxygen atoms in total. The highest BCUT2D eigenvalue weighted by atomic mass is 16.5. The van der Waals surface area contributed by atoms with Gasteiger partial charge in [0.15, 0.2) is 0 Å². The molecule has 3 amide bonds. The van der Waals surface area contributed by atoms with Crippen LogP contribution in [-0.4, -0.2) is 86.0 Å². The summed E-state index contributed by atoms with van der Waals surface area (Å²) >= 11 is 0. The monoisotopic (exact) mass is 570 g/mol. The number of likely N-dealkylation sites (tertiary alicyclic amines) is 1.